The van der Waals surface area contributed by atoms with Crippen molar-refractivity contribution in [3.8, 4) is 0 Å². The molecule has 0 N–H and O–H groups in total. The van der Waals surface area contributed by atoms with Crippen LogP contribution in [0.5, 0.6) is 0 Å². The molecule has 100 valence electrons. The van der Waals surface area contributed by atoms with Gasteiger partial charge < -0.3 is 0 Å². The first-order valence-corrected chi connectivity index (χ1v) is 3.70. The third-order valence-corrected chi connectivity index (χ3v) is 1.72. The molecule has 0 fully saturated rings. The molecule has 0 aliphatic carbocycles. The van der Waals surface area contributed by atoms with Crippen molar-refractivity contribution in [1.82, 2.24) is 0 Å². The van der Waals surface area contributed by atoms with E-state index < -0.39 is 5.51 Å². The first-order valence-electron chi connectivity index (χ1n) is 2.89. The zero-order chi connectivity index (χ0) is 8.32. The smallest absolute Gasteiger partial charge is 0.269 e. The van der Waals surface area contributed by atoms with E-state index >= 15 is 0 Å². The van der Waals surface area contributed by atoms with Crippen LogP contribution in [0.1, 0.15) is 0 Å². The molecule has 1 aromatic rings. The van der Waals surface area contributed by atoms with Gasteiger partial charge in [0.05, 0.1) is 0 Å². The highest BCUT2D eigenvalue weighted by Crippen LogP contribution is 2.36. The van der Waals surface area contributed by atoms with Gasteiger partial charge in [-0.3, -0.25) is 23.5 Å². The Balaban J connectivity index is -0.0000000807. The van der Waals surface area contributed by atoms with Gasteiger partial charge in [-0.25, -0.2) is 0 Å². The third kappa shape index (κ3) is 13.0. The zero-order valence-electron chi connectivity index (χ0n) is 7.47. The van der Waals surface area contributed by atoms with Crippen molar-refractivity contribution in [2.45, 2.75) is 10.4 Å². The minimum absolute atomic E-state index is 0. The molecule has 0 nitrogen and oxygen atoms in total. The highest BCUT2D eigenvalue weighted by atomic mass is 32.2. The number of halogens is 8. The second-order valence-corrected chi connectivity index (χ2v) is 3.00. The zero-order valence-corrected chi connectivity index (χ0v) is 8.29. The van der Waals surface area contributed by atoms with E-state index in [9.17, 15) is 13.2 Å². The summed E-state index contributed by atoms with van der Waals surface area (Å²) in [7, 11) is 0. The molecule has 0 radical (unpaired) electrons. The van der Waals surface area contributed by atoms with Crippen LogP contribution in [0.2, 0.25) is 0 Å². The second-order valence-electron chi connectivity index (χ2n) is 1.86. The molecule has 9 heteroatoms. The van der Waals surface area contributed by atoms with Crippen LogP contribution in [0.3, 0.4) is 0 Å². The summed E-state index contributed by atoms with van der Waals surface area (Å²) >= 11 is -0.0993. The van der Waals surface area contributed by atoms with Crippen LogP contribution in [0, 0.1) is 0 Å². The molecular weight excluding hydrogens is 268 g/mol. The molecular formula is C7H10F8S. The first kappa shape index (κ1) is 29.4. The molecule has 0 aliphatic heterocycles. The highest BCUT2D eigenvalue weighted by molar-refractivity contribution is 8.00. The number of rotatable bonds is 1. The summed E-state index contributed by atoms with van der Waals surface area (Å²) in [5.41, 5.74) is -4.18. The molecule has 0 aromatic heterocycles. The normalized spacial score (nSPS) is 7.94. The highest BCUT2D eigenvalue weighted by Gasteiger charge is 2.28. The summed E-state index contributed by atoms with van der Waals surface area (Å²) in [6.45, 7) is 0. The molecule has 0 bridgehead atoms. The Morgan fingerprint density at radius 1 is 0.750 bits per heavy atom. The predicted molar refractivity (Wildman–Crippen MR) is 50.9 cm³/mol. The lowest BCUT2D eigenvalue weighted by Crippen LogP contribution is -1.98. The van der Waals surface area contributed by atoms with E-state index in [1.165, 1.54) is 12.1 Å². The quantitative estimate of drug-likeness (QED) is 0.551. The van der Waals surface area contributed by atoms with Crippen molar-refractivity contribution >= 4 is 11.8 Å². The molecule has 0 saturated carbocycles. The van der Waals surface area contributed by atoms with Crippen LogP contribution < -0.4 is 0 Å². The molecule has 1 rings (SSSR count). The maximum Gasteiger partial charge on any atom is 0.446 e. The van der Waals surface area contributed by atoms with Gasteiger partial charge in [0.1, 0.15) is 0 Å². The average molecular weight is 278 g/mol. The van der Waals surface area contributed by atoms with Crippen molar-refractivity contribution in [1.29, 1.82) is 0 Å². The molecule has 0 amide bonds. The lowest BCUT2D eigenvalue weighted by Gasteiger charge is -2.03. The minimum Gasteiger partial charge on any atom is -0.269 e. The Kier molecular flexibility index (Phi) is 22.2. The average Bonchev–Trinajstić information content (AvgIpc) is 1.85. The van der Waals surface area contributed by atoms with Crippen molar-refractivity contribution in [2.24, 2.45) is 0 Å². The number of hydrogen-bond donors (Lipinski definition) is 0. The molecule has 0 heterocycles. The predicted octanol–water partition coefficient (Wildman–Crippen LogP) is 4.06. The maximum absolute atomic E-state index is 11.7. The Morgan fingerprint density at radius 2 is 1.12 bits per heavy atom. The van der Waals surface area contributed by atoms with E-state index in [1.54, 1.807) is 18.2 Å². The van der Waals surface area contributed by atoms with Crippen molar-refractivity contribution in [2.75, 3.05) is 0 Å². The van der Waals surface area contributed by atoms with Gasteiger partial charge in [-0.1, -0.05) is 18.2 Å². The van der Waals surface area contributed by atoms with Crippen LogP contribution in [0.4, 0.5) is 36.7 Å². The van der Waals surface area contributed by atoms with E-state index in [2.05, 4.69) is 0 Å². The van der Waals surface area contributed by atoms with Crippen molar-refractivity contribution in [3.05, 3.63) is 30.3 Å². The van der Waals surface area contributed by atoms with Crippen molar-refractivity contribution < 1.29 is 36.7 Å². The fourth-order valence-corrected chi connectivity index (χ4v) is 1.18. The Labute approximate surface area is 90.1 Å². The largest absolute Gasteiger partial charge is 0.446 e. The molecule has 0 saturated heterocycles. The molecule has 1 aromatic carbocycles. The summed E-state index contributed by atoms with van der Waals surface area (Å²) in [5, 5.41) is 0. The Hall–Kier alpha value is -0.990. The van der Waals surface area contributed by atoms with E-state index in [0.29, 0.717) is 0 Å². The minimum atomic E-state index is -4.18. The maximum atomic E-state index is 11.7. The summed E-state index contributed by atoms with van der Waals surface area (Å²) in [5.74, 6) is 0. The van der Waals surface area contributed by atoms with E-state index in [0.717, 1.165) is 0 Å². The Morgan fingerprint density at radius 3 is 1.44 bits per heavy atom. The van der Waals surface area contributed by atoms with E-state index in [-0.39, 0.29) is 40.2 Å². The van der Waals surface area contributed by atoms with Gasteiger partial charge in [-0.2, -0.15) is 13.2 Å². The van der Waals surface area contributed by atoms with Gasteiger partial charge in [0, 0.05) is 4.90 Å². The molecule has 0 unspecified atom stereocenters. The SMILES string of the molecule is F.F.F.F.F.FC(F)(F)Sc1ccccc1. The number of alkyl halides is 3. The fourth-order valence-electron chi connectivity index (χ4n) is 0.622. The summed E-state index contributed by atoms with van der Waals surface area (Å²) < 4.78 is 35.1. The number of thioether (sulfide) groups is 1. The number of hydrogen-bond acceptors (Lipinski definition) is 1. The molecule has 16 heavy (non-hydrogen) atoms. The molecule has 0 atom stereocenters. The molecule has 0 spiro atoms. The third-order valence-electron chi connectivity index (χ3n) is 0.977. The first-order chi connectivity index (χ1) is 5.08. The van der Waals surface area contributed by atoms with Gasteiger partial charge in [0.2, 0.25) is 0 Å². The molecule has 0 aliphatic rings. The van der Waals surface area contributed by atoms with Gasteiger partial charge in [-0.05, 0) is 23.9 Å². The lowest BCUT2D eigenvalue weighted by molar-refractivity contribution is -0.0328. The van der Waals surface area contributed by atoms with Crippen LogP contribution in [0.25, 0.3) is 0 Å². The standard InChI is InChI=1S/C7H5F3S.5FH/c8-7(9,10)11-6-4-2-1-3-5-6;;;;;/h1-5H;5*1H. The summed E-state index contributed by atoms with van der Waals surface area (Å²) in [6, 6.07) is 7.69. The van der Waals surface area contributed by atoms with Gasteiger partial charge in [-0.15, -0.1) is 0 Å². The number of benzene rings is 1. The second kappa shape index (κ2) is 12.1. The lowest BCUT2D eigenvalue weighted by atomic mass is 10.4. The van der Waals surface area contributed by atoms with Crippen LogP contribution in [-0.4, -0.2) is 5.51 Å². The summed E-state index contributed by atoms with van der Waals surface area (Å²) in [4.78, 5) is 0.222. The topological polar surface area (TPSA) is 0 Å². The van der Waals surface area contributed by atoms with Crippen LogP contribution in [-0.2, 0) is 0 Å². The van der Waals surface area contributed by atoms with Gasteiger partial charge >= 0.3 is 5.51 Å². The van der Waals surface area contributed by atoms with Crippen molar-refractivity contribution in [3.63, 3.8) is 0 Å². The van der Waals surface area contributed by atoms with Crippen LogP contribution in [0.15, 0.2) is 35.2 Å². The van der Waals surface area contributed by atoms with E-state index in [4.69, 9.17) is 0 Å². The Bertz CT molecular complexity index is 224. The van der Waals surface area contributed by atoms with E-state index in [1.807, 2.05) is 0 Å². The fraction of sp³-hybridized carbons (Fsp3) is 0.143. The summed E-state index contributed by atoms with van der Waals surface area (Å²) in [6.07, 6.45) is 0. The van der Waals surface area contributed by atoms with Gasteiger partial charge in [0.25, 0.3) is 0 Å². The van der Waals surface area contributed by atoms with Gasteiger partial charge in [0.15, 0.2) is 0 Å². The monoisotopic (exact) mass is 278 g/mol. The van der Waals surface area contributed by atoms with Crippen LogP contribution >= 0.6 is 11.8 Å².